The van der Waals surface area contributed by atoms with Gasteiger partial charge in [0.05, 0.1) is 6.26 Å². The number of hydrogen-bond acceptors (Lipinski definition) is 6. The van der Waals surface area contributed by atoms with Gasteiger partial charge in [0, 0.05) is 5.56 Å². The Morgan fingerprint density at radius 2 is 2.04 bits per heavy atom. The zero-order chi connectivity index (χ0) is 18.3. The highest BCUT2D eigenvalue weighted by molar-refractivity contribution is 6.07. The third-order valence-corrected chi connectivity index (χ3v) is 4.19. The zero-order valence-corrected chi connectivity index (χ0v) is 13.6. The van der Waals surface area contributed by atoms with Crippen molar-refractivity contribution in [3.8, 4) is 11.6 Å². The molecule has 1 aliphatic heterocycles. The molecule has 0 radical (unpaired) electrons. The molecule has 0 spiro atoms. The van der Waals surface area contributed by atoms with E-state index in [1.165, 1.54) is 31.4 Å². The van der Waals surface area contributed by atoms with E-state index in [2.05, 4.69) is 15.5 Å². The second-order valence-electron chi connectivity index (χ2n) is 5.92. The van der Waals surface area contributed by atoms with Gasteiger partial charge >= 0.3 is 6.03 Å². The van der Waals surface area contributed by atoms with Gasteiger partial charge < -0.3 is 14.3 Å². The van der Waals surface area contributed by atoms with Crippen molar-refractivity contribution < 1.29 is 22.9 Å². The molecule has 3 aromatic rings. The normalized spacial score (nSPS) is 19.8. The maximum Gasteiger partial charge on any atom is 0.325 e. The molecule has 1 fully saturated rings. The Bertz CT molecular complexity index is 984. The largest absolute Gasteiger partial charge is 0.461 e. The fourth-order valence-corrected chi connectivity index (χ4v) is 2.85. The number of rotatable bonds is 4. The van der Waals surface area contributed by atoms with Crippen LogP contribution in [0, 0.1) is 5.82 Å². The molecule has 2 aromatic heterocycles. The molecule has 8 nitrogen and oxygen atoms in total. The number of nitrogens with zero attached hydrogens (tertiary/aromatic N) is 3. The van der Waals surface area contributed by atoms with Crippen LogP contribution < -0.4 is 5.32 Å². The number of hydrogen-bond donors (Lipinski definition) is 1. The number of amides is 3. The van der Waals surface area contributed by atoms with Gasteiger partial charge in [-0.1, -0.05) is 23.4 Å². The van der Waals surface area contributed by atoms with E-state index < -0.39 is 23.3 Å². The minimum atomic E-state index is -1.51. The van der Waals surface area contributed by atoms with Crippen molar-refractivity contribution in [3.05, 3.63) is 59.9 Å². The lowest BCUT2D eigenvalue weighted by Gasteiger charge is -2.22. The van der Waals surface area contributed by atoms with E-state index in [9.17, 15) is 14.0 Å². The number of imide groups is 1. The molecule has 3 amide bonds. The van der Waals surface area contributed by atoms with Crippen molar-refractivity contribution in [2.24, 2.45) is 0 Å². The van der Waals surface area contributed by atoms with Crippen LogP contribution in [0.2, 0.25) is 0 Å². The van der Waals surface area contributed by atoms with Crippen LogP contribution in [-0.2, 0) is 16.9 Å². The molecule has 1 N–H and O–H groups in total. The number of nitrogens with one attached hydrogen (secondary N) is 1. The summed E-state index contributed by atoms with van der Waals surface area (Å²) < 4.78 is 24.4. The van der Waals surface area contributed by atoms with Crippen LogP contribution in [0.4, 0.5) is 9.18 Å². The highest BCUT2D eigenvalue weighted by atomic mass is 19.1. The molecule has 1 saturated heterocycles. The first-order valence-electron chi connectivity index (χ1n) is 7.74. The maximum atomic E-state index is 14.1. The van der Waals surface area contributed by atoms with Gasteiger partial charge in [0.2, 0.25) is 11.7 Å². The molecular weight excluding hydrogens is 343 g/mol. The minimum absolute atomic E-state index is 0.0534. The molecule has 9 heteroatoms. The van der Waals surface area contributed by atoms with E-state index in [-0.39, 0.29) is 23.8 Å². The Kier molecular flexibility index (Phi) is 3.57. The van der Waals surface area contributed by atoms with Crippen LogP contribution in [0.1, 0.15) is 18.4 Å². The van der Waals surface area contributed by atoms with Crippen LogP contribution in [0.25, 0.3) is 11.6 Å². The molecule has 4 rings (SSSR count). The Balaban J connectivity index is 1.60. The lowest BCUT2D eigenvalue weighted by Crippen LogP contribution is -2.41. The maximum absolute atomic E-state index is 14.1. The van der Waals surface area contributed by atoms with Crippen molar-refractivity contribution in [3.63, 3.8) is 0 Å². The van der Waals surface area contributed by atoms with Crippen molar-refractivity contribution in [2.75, 3.05) is 0 Å². The fraction of sp³-hybridized carbons (Fsp3) is 0.176. The summed E-state index contributed by atoms with van der Waals surface area (Å²) in [6.45, 7) is 1.22. The average Bonchev–Trinajstić information content (AvgIpc) is 3.33. The van der Waals surface area contributed by atoms with Gasteiger partial charge in [0.15, 0.2) is 5.76 Å². The molecular formula is C17H13FN4O4. The molecule has 26 heavy (non-hydrogen) atoms. The van der Waals surface area contributed by atoms with Crippen LogP contribution >= 0.6 is 0 Å². The fourth-order valence-electron chi connectivity index (χ4n) is 2.85. The van der Waals surface area contributed by atoms with Crippen LogP contribution in [-0.4, -0.2) is 27.0 Å². The summed E-state index contributed by atoms with van der Waals surface area (Å²) in [7, 11) is 0. The molecule has 1 aliphatic rings. The van der Waals surface area contributed by atoms with Crippen LogP contribution in [0.5, 0.6) is 0 Å². The summed E-state index contributed by atoms with van der Waals surface area (Å²) in [6, 6.07) is 8.45. The monoisotopic (exact) mass is 356 g/mol. The van der Waals surface area contributed by atoms with Gasteiger partial charge in [-0.2, -0.15) is 4.98 Å². The SMILES string of the molecule is C[C@]1(c2ccccc2F)NC(=O)N(Cc2nc(-c3ccco3)no2)C1=O. The summed E-state index contributed by atoms with van der Waals surface area (Å²) in [6.07, 6.45) is 1.46. The predicted molar refractivity (Wildman–Crippen MR) is 84.8 cm³/mol. The van der Waals surface area contributed by atoms with E-state index in [0.29, 0.717) is 5.76 Å². The number of carbonyl (C=O) groups is 2. The van der Waals surface area contributed by atoms with Crippen molar-refractivity contribution in [1.29, 1.82) is 0 Å². The first kappa shape index (κ1) is 16.0. The highest BCUT2D eigenvalue weighted by Gasteiger charge is 2.50. The summed E-state index contributed by atoms with van der Waals surface area (Å²) in [4.78, 5) is 30.1. The Morgan fingerprint density at radius 1 is 1.23 bits per heavy atom. The van der Waals surface area contributed by atoms with Gasteiger partial charge in [0.25, 0.3) is 5.91 Å². The Hall–Kier alpha value is -3.49. The number of halogens is 1. The lowest BCUT2D eigenvalue weighted by molar-refractivity contribution is -0.131. The van der Waals surface area contributed by atoms with Crippen molar-refractivity contribution in [2.45, 2.75) is 19.0 Å². The van der Waals surface area contributed by atoms with E-state index in [1.54, 1.807) is 18.2 Å². The molecule has 0 unspecified atom stereocenters. The number of carbonyl (C=O) groups excluding carboxylic acids is 2. The predicted octanol–water partition coefficient (Wildman–Crippen LogP) is 2.44. The molecule has 132 valence electrons. The lowest BCUT2D eigenvalue weighted by atomic mass is 9.91. The van der Waals surface area contributed by atoms with Gasteiger partial charge in [-0.05, 0) is 25.1 Å². The summed E-state index contributed by atoms with van der Waals surface area (Å²) in [5.41, 5.74) is -1.42. The van der Waals surface area contributed by atoms with E-state index in [0.717, 1.165) is 4.90 Å². The topological polar surface area (TPSA) is 101 Å². The molecule has 3 heterocycles. The second kappa shape index (κ2) is 5.80. The number of urea groups is 1. The number of furan rings is 1. The highest BCUT2D eigenvalue weighted by Crippen LogP contribution is 2.31. The molecule has 1 aromatic carbocycles. The number of benzene rings is 1. The van der Waals surface area contributed by atoms with Gasteiger partial charge in [0.1, 0.15) is 17.9 Å². The average molecular weight is 356 g/mol. The number of aromatic nitrogens is 2. The van der Waals surface area contributed by atoms with E-state index in [4.69, 9.17) is 8.94 Å². The molecule has 0 bridgehead atoms. The molecule has 0 saturated carbocycles. The molecule has 0 aliphatic carbocycles. The van der Waals surface area contributed by atoms with Crippen LogP contribution in [0.3, 0.4) is 0 Å². The van der Waals surface area contributed by atoms with Crippen LogP contribution in [0.15, 0.2) is 51.6 Å². The third-order valence-electron chi connectivity index (χ3n) is 4.19. The summed E-state index contributed by atoms with van der Waals surface area (Å²) in [5.74, 6) is -0.534. The van der Waals surface area contributed by atoms with Gasteiger partial charge in [-0.15, -0.1) is 0 Å². The summed E-state index contributed by atoms with van der Waals surface area (Å²) in [5, 5.41) is 6.28. The Morgan fingerprint density at radius 3 is 2.77 bits per heavy atom. The Labute approximate surface area is 146 Å². The standard InChI is InChI=1S/C17H13FN4O4/c1-17(10-5-2-3-6-11(10)18)15(23)22(16(24)20-17)9-13-19-14(21-26-13)12-7-4-8-25-12/h2-8H,9H2,1H3,(H,20,24)/t17-/m1/s1. The zero-order valence-electron chi connectivity index (χ0n) is 13.6. The first-order chi connectivity index (χ1) is 12.5. The van der Waals surface area contributed by atoms with Crippen molar-refractivity contribution >= 4 is 11.9 Å². The van der Waals surface area contributed by atoms with Gasteiger partial charge in [-0.3, -0.25) is 9.69 Å². The van der Waals surface area contributed by atoms with Gasteiger partial charge in [-0.25, -0.2) is 9.18 Å². The quantitative estimate of drug-likeness (QED) is 0.721. The first-order valence-corrected chi connectivity index (χ1v) is 7.74. The third kappa shape index (κ3) is 2.44. The van der Waals surface area contributed by atoms with E-state index >= 15 is 0 Å². The van der Waals surface area contributed by atoms with E-state index in [1.807, 2.05) is 0 Å². The minimum Gasteiger partial charge on any atom is -0.461 e. The second-order valence-corrected chi connectivity index (χ2v) is 5.92. The molecule has 1 atom stereocenters. The summed E-state index contributed by atoms with van der Waals surface area (Å²) >= 11 is 0. The smallest absolute Gasteiger partial charge is 0.325 e. The van der Waals surface area contributed by atoms with Crippen molar-refractivity contribution in [1.82, 2.24) is 20.4 Å².